The normalized spacial score (nSPS) is 18.1. The molecular formula is C16H22ClN3O2. The quantitative estimate of drug-likeness (QED) is 0.797. The van der Waals surface area contributed by atoms with Gasteiger partial charge in [-0.05, 0) is 37.6 Å². The Bertz CT molecular complexity index is 554. The molecule has 1 atom stereocenters. The van der Waals surface area contributed by atoms with Crippen LogP contribution in [0.1, 0.15) is 37.0 Å². The average molecular weight is 324 g/mol. The number of amides is 2. The fourth-order valence-corrected chi connectivity index (χ4v) is 2.51. The molecule has 1 aliphatic heterocycles. The van der Waals surface area contributed by atoms with Gasteiger partial charge < -0.3 is 16.0 Å². The molecule has 0 spiro atoms. The number of carbonyl (C=O) groups excluding carboxylic acids is 2. The van der Waals surface area contributed by atoms with Crippen molar-refractivity contribution < 1.29 is 9.59 Å². The first-order valence-electron chi connectivity index (χ1n) is 7.59. The number of hydrogen-bond acceptors (Lipinski definition) is 3. The van der Waals surface area contributed by atoms with Crippen molar-refractivity contribution in [3.8, 4) is 0 Å². The van der Waals surface area contributed by atoms with Gasteiger partial charge in [0, 0.05) is 24.2 Å². The van der Waals surface area contributed by atoms with Crippen molar-refractivity contribution in [1.29, 1.82) is 0 Å². The lowest BCUT2D eigenvalue weighted by Crippen LogP contribution is -2.45. The lowest BCUT2D eigenvalue weighted by atomic mass is 10.1. The van der Waals surface area contributed by atoms with E-state index in [0.717, 1.165) is 25.9 Å². The Morgan fingerprint density at radius 3 is 2.77 bits per heavy atom. The lowest BCUT2D eigenvalue weighted by molar-refractivity contribution is -0.118. The van der Waals surface area contributed by atoms with Gasteiger partial charge in [-0.2, -0.15) is 0 Å². The van der Waals surface area contributed by atoms with Crippen LogP contribution in [-0.4, -0.2) is 30.9 Å². The minimum atomic E-state index is -0.209. The van der Waals surface area contributed by atoms with E-state index in [2.05, 4.69) is 16.0 Å². The maximum absolute atomic E-state index is 12.4. The van der Waals surface area contributed by atoms with Crippen molar-refractivity contribution in [2.24, 2.45) is 5.92 Å². The maximum Gasteiger partial charge on any atom is 0.253 e. The van der Waals surface area contributed by atoms with E-state index in [4.69, 9.17) is 11.6 Å². The molecule has 2 amide bonds. The van der Waals surface area contributed by atoms with E-state index in [1.807, 2.05) is 13.8 Å². The van der Waals surface area contributed by atoms with Crippen LogP contribution in [0.2, 0.25) is 5.02 Å². The summed E-state index contributed by atoms with van der Waals surface area (Å²) < 4.78 is 0. The molecule has 0 unspecified atom stereocenters. The second-order valence-electron chi connectivity index (χ2n) is 5.86. The molecule has 0 aliphatic carbocycles. The third kappa shape index (κ3) is 4.45. The number of rotatable bonds is 4. The first kappa shape index (κ1) is 16.8. The van der Waals surface area contributed by atoms with Gasteiger partial charge in [0.2, 0.25) is 5.91 Å². The maximum atomic E-state index is 12.4. The molecule has 5 nitrogen and oxygen atoms in total. The van der Waals surface area contributed by atoms with Crippen LogP contribution in [0.4, 0.5) is 5.69 Å². The van der Waals surface area contributed by atoms with E-state index in [1.54, 1.807) is 18.2 Å². The van der Waals surface area contributed by atoms with Gasteiger partial charge in [-0.3, -0.25) is 9.59 Å². The summed E-state index contributed by atoms with van der Waals surface area (Å²) in [4.78, 5) is 24.1. The van der Waals surface area contributed by atoms with E-state index in [0.29, 0.717) is 16.3 Å². The standard InChI is InChI=1S/C16H22ClN3O2/c1-10(2)15(21)19-11-5-6-14(17)13(8-11)16(22)20-12-4-3-7-18-9-12/h5-6,8,10,12,18H,3-4,7,9H2,1-2H3,(H,19,21)(H,20,22)/t12-/m0/s1. The fourth-order valence-electron chi connectivity index (χ4n) is 2.30. The molecule has 22 heavy (non-hydrogen) atoms. The fraction of sp³-hybridized carbons (Fsp3) is 0.500. The van der Waals surface area contributed by atoms with Gasteiger partial charge in [0.25, 0.3) is 5.91 Å². The first-order chi connectivity index (χ1) is 10.5. The molecule has 120 valence electrons. The molecule has 0 aromatic heterocycles. The molecule has 1 aromatic rings. The van der Waals surface area contributed by atoms with Crippen LogP contribution in [0, 0.1) is 5.92 Å². The predicted octanol–water partition coefficient (Wildman–Crippen LogP) is 2.42. The van der Waals surface area contributed by atoms with Crippen molar-refractivity contribution in [1.82, 2.24) is 10.6 Å². The molecule has 1 aromatic carbocycles. The van der Waals surface area contributed by atoms with E-state index >= 15 is 0 Å². The topological polar surface area (TPSA) is 70.2 Å². The Morgan fingerprint density at radius 2 is 2.14 bits per heavy atom. The van der Waals surface area contributed by atoms with E-state index < -0.39 is 0 Å². The van der Waals surface area contributed by atoms with Gasteiger partial charge in [0.1, 0.15) is 0 Å². The summed E-state index contributed by atoms with van der Waals surface area (Å²) in [5, 5.41) is 9.39. The molecule has 1 heterocycles. The van der Waals surface area contributed by atoms with Gasteiger partial charge in [-0.15, -0.1) is 0 Å². The second kappa shape index (κ2) is 7.61. The number of benzene rings is 1. The second-order valence-corrected chi connectivity index (χ2v) is 6.26. The highest BCUT2D eigenvalue weighted by Gasteiger charge is 2.19. The highest BCUT2D eigenvalue weighted by molar-refractivity contribution is 6.34. The number of hydrogen-bond donors (Lipinski definition) is 3. The average Bonchev–Trinajstić information content (AvgIpc) is 2.50. The Balaban J connectivity index is 2.08. The van der Waals surface area contributed by atoms with Gasteiger partial charge in [0.05, 0.1) is 10.6 Å². The molecular weight excluding hydrogens is 302 g/mol. The Labute approximate surface area is 135 Å². The van der Waals surface area contributed by atoms with Crippen molar-refractivity contribution in [3.05, 3.63) is 28.8 Å². The van der Waals surface area contributed by atoms with Crippen LogP contribution in [0.25, 0.3) is 0 Å². The van der Waals surface area contributed by atoms with Crippen LogP contribution in [-0.2, 0) is 4.79 Å². The van der Waals surface area contributed by atoms with Crippen molar-refractivity contribution in [2.45, 2.75) is 32.7 Å². The summed E-state index contributed by atoms with van der Waals surface area (Å²) in [6.07, 6.45) is 2.00. The van der Waals surface area contributed by atoms with Gasteiger partial charge in [-0.1, -0.05) is 25.4 Å². The Morgan fingerprint density at radius 1 is 1.36 bits per heavy atom. The number of piperidine rings is 1. The van der Waals surface area contributed by atoms with Crippen LogP contribution in [0.3, 0.4) is 0 Å². The zero-order valence-electron chi connectivity index (χ0n) is 12.9. The van der Waals surface area contributed by atoms with Crippen LogP contribution < -0.4 is 16.0 Å². The van der Waals surface area contributed by atoms with E-state index in [1.165, 1.54) is 0 Å². The molecule has 1 fully saturated rings. The molecule has 0 bridgehead atoms. The number of anilines is 1. The van der Waals surface area contributed by atoms with Gasteiger partial charge in [0.15, 0.2) is 0 Å². The van der Waals surface area contributed by atoms with Crippen LogP contribution in [0.5, 0.6) is 0 Å². The molecule has 1 saturated heterocycles. The molecule has 6 heteroatoms. The smallest absolute Gasteiger partial charge is 0.253 e. The number of halogens is 1. The number of nitrogens with one attached hydrogen (secondary N) is 3. The summed E-state index contributed by atoms with van der Waals surface area (Å²) >= 11 is 6.12. The SMILES string of the molecule is CC(C)C(=O)Nc1ccc(Cl)c(C(=O)N[C@H]2CCCNC2)c1. The van der Waals surface area contributed by atoms with E-state index in [9.17, 15) is 9.59 Å². The highest BCUT2D eigenvalue weighted by atomic mass is 35.5. The summed E-state index contributed by atoms with van der Waals surface area (Å²) in [5.41, 5.74) is 0.962. The van der Waals surface area contributed by atoms with Crippen molar-refractivity contribution in [3.63, 3.8) is 0 Å². The molecule has 3 N–H and O–H groups in total. The summed E-state index contributed by atoms with van der Waals surface area (Å²) in [6, 6.07) is 5.06. The highest BCUT2D eigenvalue weighted by Crippen LogP contribution is 2.21. The molecule has 0 radical (unpaired) electrons. The van der Waals surface area contributed by atoms with Crippen LogP contribution in [0.15, 0.2) is 18.2 Å². The number of carbonyl (C=O) groups is 2. The monoisotopic (exact) mass is 323 g/mol. The lowest BCUT2D eigenvalue weighted by Gasteiger charge is -2.24. The minimum absolute atomic E-state index is 0.0924. The van der Waals surface area contributed by atoms with Gasteiger partial charge in [-0.25, -0.2) is 0 Å². The van der Waals surface area contributed by atoms with Crippen molar-refractivity contribution >= 4 is 29.1 Å². The summed E-state index contributed by atoms with van der Waals surface area (Å²) in [5.74, 6) is -0.425. The third-order valence-electron chi connectivity index (χ3n) is 3.63. The Hall–Kier alpha value is -1.59. The predicted molar refractivity (Wildman–Crippen MR) is 88.3 cm³/mol. The van der Waals surface area contributed by atoms with Crippen LogP contribution >= 0.6 is 11.6 Å². The zero-order valence-corrected chi connectivity index (χ0v) is 13.7. The summed E-state index contributed by atoms with van der Waals surface area (Å²) in [6.45, 7) is 5.39. The molecule has 1 aliphatic rings. The summed E-state index contributed by atoms with van der Waals surface area (Å²) in [7, 11) is 0. The third-order valence-corrected chi connectivity index (χ3v) is 3.96. The van der Waals surface area contributed by atoms with Gasteiger partial charge >= 0.3 is 0 Å². The molecule has 2 rings (SSSR count). The largest absolute Gasteiger partial charge is 0.348 e. The minimum Gasteiger partial charge on any atom is -0.348 e. The van der Waals surface area contributed by atoms with Crippen molar-refractivity contribution in [2.75, 3.05) is 18.4 Å². The van der Waals surface area contributed by atoms with E-state index in [-0.39, 0.29) is 23.8 Å². The Kier molecular flexibility index (Phi) is 5.80. The first-order valence-corrected chi connectivity index (χ1v) is 7.97. The zero-order chi connectivity index (χ0) is 16.1. The molecule has 0 saturated carbocycles.